The van der Waals surface area contributed by atoms with Crippen molar-refractivity contribution in [2.45, 2.75) is 13.5 Å². The molecule has 0 bridgehead atoms. The Labute approximate surface area is 76.4 Å². The van der Waals surface area contributed by atoms with E-state index in [9.17, 15) is 0 Å². The number of pyridine rings is 1. The summed E-state index contributed by atoms with van der Waals surface area (Å²) in [5.41, 5.74) is 9.66. The van der Waals surface area contributed by atoms with Crippen LogP contribution in [-0.2, 0) is 13.6 Å². The van der Waals surface area contributed by atoms with Crippen LogP contribution >= 0.6 is 0 Å². The summed E-state index contributed by atoms with van der Waals surface area (Å²) in [7, 11) is 1.91. The molecule has 0 radical (unpaired) electrons. The van der Waals surface area contributed by atoms with Crippen LogP contribution in [0, 0.1) is 6.92 Å². The molecule has 4 heteroatoms. The number of nitrogens with two attached hydrogens (primary N) is 1. The lowest BCUT2D eigenvalue weighted by Gasteiger charge is -1.99. The van der Waals surface area contributed by atoms with E-state index in [2.05, 4.69) is 10.1 Å². The van der Waals surface area contributed by atoms with Crippen molar-refractivity contribution >= 4 is 11.0 Å². The number of rotatable bonds is 1. The molecular formula is C9H12N4. The molecular weight excluding hydrogens is 164 g/mol. The molecule has 13 heavy (non-hydrogen) atoms. The van der Waals surface area contributed by atoms with Crippen molar-refractivity contribution in [3.63, 3.8) is 0 Å². The van der Waals surface area contributed by atoms with Crippen LogP contribution in [0.4, 0.5) is 0 Å². The average Bonchev–Trinajstić information content (AvgIpc) is 2.43. The van der Waals surface area contributed by atoms with Crippen molar-refractivity contribution in [1.29, 1.82) is 0 Å². The first-order valence-corrected chi connectivity index (χ1v) is 4.21. The van der Waals surface area contributed by atoms with Crippen LogP contribution in [0.5, 0.6) is 0 Å². The van der Waals surface area contributed by atoms with Gasteiger partial charge in [-0.25, -0.2) is 0 Å². The highest BCUT2D eigenvalue weighted by Gasteiger charge is 2.08. The third-order valence-corrected chi connectivity index (χ3v) is 2.19. The third kappa shape index (κ3) is 1.10. The molecule has 0 saturated heterocycles. The first-order chi connectivity index (χ1) is 6.24. The predicted octanol–water partition coefficient (Wildman–Crippen LogP) is 0.735. The minimum atomic E-state index is 0.526. The fourth-order valence-electron chi connectivity index (χ4n) is 1.61. The number of fused-ring (bicyclic) bond motifs is 1. The van der Waals surface area contributed by atoms with Gasteiger partial charge in [-0.2, -0.15) is 5.10 Å². The molecule has 0 spiro atoms. The topological polar surface area (TPSA) is 56.7 Å². The van der Waals surface area contributed by atoms with Gasteiger partial charge in [0.15, 0.2) is 0 Å². The van der Waals surface area contributed by atoms with Gasteiger partial charge in [0.1, 0.15) is 5.52 Å². The Morgan fingerprint density at radius 3 is 3.00 bits per heavy atom. The van der Waals surface area contributed by atoms with E-state index < -0.39 is 0 Å². The van der Waals surface area contributed by atoms with E-state index >= 15 is 0 Å². The highest BCUT2D eigenvalue weighted by atomic mass is 15.3. The van der Waals surface area contributed by atoms with Gasteiger partial charge >= 0.3 is 0 Å². The zero-order valence-electron chi connectivity index (χ0n) is 7.78. The van der Waals surface area contributed by atoms with E-state index in [0.717, 1.165) is 22.3 Å². The van der Waals surface area contributed by atoms with Crippen molar-refractivity contribution in [1.82, 2.24) is 14.8 Å². The third-order valence-electron chi connectivity index (χ3n) is 2.19. The summed E-state index contributed by atoms with van der Waals surface area (Å²) in [5.74, 6) is 0. The van der Waals surface area contributed by atoms with Crippen LogP contribution in [0.2, 0.25) is 0 Å². The summed E-state index contributed by atoms with van der Waals surface area (Å²) in [4.78, 5) is 4.27. The van der Waals surface area contributed by atoms with Crippen LogP contribution in [0.25, 0.3) is 11.0 Å². The summed E-state index contributed by atoms with van der Waals surface area (Å²) in [6.45, 7) is 2.48. The molecule has 4 nitrogen and oxygen atoms in total. The van der Waals surface area contributed by atoms with Gasteiger partial charge in [0.2, 0.25) is 0 Å². The van der Waals surface area contributed by atoms with E-state index in [-0.39, 0.29) is 0 Å². The predicted molar refractivity (Wildman–Crippen MR) is 51.1 cm³/mol. The van der Waals surface area contributed by atoms with Gasteiger partial charge in [0.05, 0.1) is 11.2 Å². The van der Waals surface area contributed by atoms with Crippen LogP contribution < -0.4 is 5.73 Å². The average molecular weight is 176 g/mol. The van der Waals surface area contributed by atoms with Gasteiger partial charge in [-0.05, 0) is 18.6 Å². The minimum Gasteiger partial charge on any atom is -0.326 e. The lowest BCUT2D eigenvalue weighted by atomic mass is 10.2. The molecule has 2 N–H and O–H groups in total. The van der Waals surface area contributed by atoms with Gasteiger partial charge in [-0.3, -0.25) is 9.67 Å². The zero-order chi connectivity index (χ0) is 9.42. The Hall–Kier alpha value is -1.42. The van der Waals surface area contributed by atoms with Crippen molar-refractivity contribution in [2.75, 3.05) is 0 Å². The lowest BCUT2D eigenvalue weighted by Crippen LogP contribution is -2.00. The fraction of sp³-hybridized carbons (Fsp3) is 0.333. The normalized spacial score (nSPS) is 11.0. The molecule has 0 unspecified atom stereocenters. The monoisotopic (exact) mass is 176 g/mol. The second-order valence-electron chi connectivity index (χ2n) is 3.08. The SMILES string of the molecule is Cc1nn(C)c2c(CN)ccnc12. The number of aryl methyl sites for hydroxylation is 2. The minimum absolute atomic E-state index is 0.526. The quantitative estimate of drug-likeness (QED) is 0.697. The van der Waals surface area contributed by atoms with Crippen molar-refractivity contribution in [3.8, 4) is 0 Å². The standard InChI is InChI=1S/C9H12N4/c1-6-8-9(13(2)12-6)7(5-10)3-4-11-8/h3-4H,5,10H2,1-2H3. The lowest BCUT2D eigenvalue weighted by molar-refractivity contribution is 0.778. The highest BCUT2D eigenvalue weighted by molar-refractivity contribution is 5.80. The van der Waals surface area contributed by atoms with E-state index in [1.807, 2.05) is 24.7 Å². The summed E-state index contributed by atoms with van der Waals surface area (Å²) >= 11 is 0. The second kappa shape index (κ2) is 2.81. The molecule has 0 aliphatic rings. The summed E-state index contributed by atoms with van der Waals surface area (Å²) in [6.07, 6.45) is 1.78. The Morgan fingerprint density at radius 1 is 1.54 bits per heavy atom. The van der Waals surface area contributed by atoms with E-state index in [1.54, 1.807) is 6.20 Å². The van der Waals surface area contributed by atoms with Crippen LogP contribution in [0.1, 0.15) is 11.3 Å². The molecule has 0 fully saturated rings. The van der Waals surface area contributed by atoms with Crippen LogP contribution in [-0.4, -0.2) is 14.8 Å². The van der Waals surface area contributed by atoms with Gasteiger partial charge in [0, 0.05) is 19.8 Å². The molecule has 2 rings (SSSR count). The molecule has 0 aliphatic carbocycles. The Balaban J connectivity index is 2.88. The molecule has 2 heterocycles. The van der Waals surface area contributed by atoms with Gasteiger partial charge in [-0.15, -0.1) is 0 Å². The van der Waals surface area contributed by atoms with Crippen molar-refractivity contribution < 1.29 is 0 Å². The molecule has 0 aromatic carbocycles. The maximum Gasteiger partial charge on any atom is 0.111 e. The maximum atomic E-state index is 5.63. The van der Waals surface area contributed by atoms with Crippen LogP contribution in [0.3, 0.4) is 0 Å². The number of hydrogen-bond acceptors (Lipinski definition) is 3. The molecule has 0 amide bonds. The first-order valence-electron chi connectivity index (χ1n) is 4.21. The van der Waals surface area contributed by atoms with Gasteiger partial charge < -0.3 is 5.73 Å². The smallest absolute Gasteiger partial charge is 0.111 e. The van der Waals surface area contributed by atoms with E-state index in [4.69, 9.17) is 5.73 Å². The molecule has 0 saturated carbocycles. The molecule has 68 valence electrons. The first kappa shape index (κ1) is 8.19. The van der Waals surface area contributed by atoms with E-state index in [0.29, 0.717) is 6.54 Å². The summed E-state index contributed by atoms with van der Waals surface area (Å²) in [5, 5.41) is 4.30. The number of aromatic nitrogens is 3. The molecule has 2 aromatic heterocycles. The number of hydrogen-bond donors (Lipinski definition) is 1. The summed E-state index contributed by atoms with van der Waals surface area (Å²) in [6, 6.07) is 1.93. The summed E-state index contributed by atoms with van der Waals surface area (Å²) < 4.78 is 1.83. The Kier molecular flexibility index (Phi) is 1.77. The Bertz CT molecular complexity index is 444. The second-order valence-corrected chi connectivity index (χ2v) is 3.08. The highest BCUT2D eigenvalue weighted by Crippen LogP contribution is 2.17. The largest absolute Gasteiger partial charge is 0.326 e. The molecule has 2 aromatic rings. The maximum absolute atomic E-state index is 5.63. The zero-order valence-corrected chi connectivity index (χ0v) is 7.78. The van der Waals surface area contributed by atoms with Gasteiger partial charge in [0.25, 0.3) is 0 Å². The van der Waals surface area contributed by atoms with Crippen molar-refractivity contribution in [3.05, 3.63) is 23.5 Å². The van der Waals surface area contributed by atoms with Crippen LogP contribution in [0.15, 0.2) is 12.3 Å². The molecule has 0 aliphatic heterocycles. The van der Waals surface area contributed by atoms with Crippen molar-refractivity contribution in [2.24, 2.45) is 12.8 Å². The number of nitrogens with zero attached hydrogens (tertiary/aromatic N) is 3. The fourth-order valence-corrected chi connectivity index (χ4v) is 1.61. The molecule has 0 atom stereocenters. The van der Waals surface area contributed by atoms with Gasteiger partial charge in [-0.1, -0.05) is 0 Å². The van der Waals surface area contributed by atoms with E-state index in [1.165, 1.54) is 0 Å². The Morgan fingerprint density at radius 2 is 2.31 bits per heavy atom.